The molecule has 0 aromatic carbocycles. The summed E-state index contributed by atoms with van der Waals surface area (Å²) in [6, 6.07) is 0. The number of carbonyl (C=O) groups excluding carboxylic acids is 2. The molecular weight excluding hydrogens is 348 g/mol. The van der Waals surface area contributed by atoms with Crippen molar-refractivity contribution in [3.8, 4) is 0 Å². The Labute approximate surface area is 152 Å². The van der Waals surface area contributed by atoms with Crippen LogP contribution < -0.4 is 0 Å². The van der Waals surface area contributed by atoms with Crippen molar-refractivity contribution in [2.45, 2.75) is 25.7 Å². The van der Waals surface area contributed by atoms with E-state index in [2.05, 4.69) is 13.2 Å². The minimum Gasteiger partial charge on any atom is -0.481 e. The molecule has 0 unspecified atom stereocenters. The number of nitrogens with zero attached hydrogens (tertiary/aromatic N) is 2. The Balaban J connectivity index is -0.000000316. The zero-order chi connectivity index (χ0) is 20.8. The molecule has 0 spiro atoms. The number of amides is 2. The molecule has 0 aliphatic rings. The molecule has 0 aliphatic heterocycles. The Morgan fingerprint density at radius 3 is 1.23 bits per heavy atom. The summed E-state index contributed by atoms with van der Waals surface area (Å²) < 4.78 is 0. The highest BCUT2D eigenvalue weighted by molar-refractivity contribution is 5.67. The summed E-state index contributed by atoms with van der Waals surface area (Å²) in [5, 5.41) is 32.5. The number of aliphatic carboxylic acids is 2. The molecule has 0 saturated heterocycles. The fourth-order valence-electron chi connectivity index (χ4n) is 1.05. The third kappa shape index (κ3) is 26.2. The summed E-state index contributed by atoms with van der Waals surface area (Å²) in [4.78, 5) is 42.3. The molecule has 0 rings (SSSR count). The van der Waals surface area contributed by atoms with Gasteiger partial charge in [-0.1, -0.05) is 13.2 Å². The molecule has 10 heteroatoms. The minimum atomic E-state index is -0.922. The Morgan fingerprint density at radius 2 is 1.08 bits per heavy atom. The van der Waals surface area contributed by atoms with E-state index in [1.807, 2.05) is 0 Å². The number of rotatable bonds is 13. The van der Waals surface area contributed by atoms with Gasteiger partial charge in [0.05, 0.1) is 12.8 Å². The molecule has 0 heterocycles. The average Bonchev–Trinajstić information content (AvgIpc) is 2.62. The van der Waals surface area contributed by atoms with Gasteiger partial charge in [-0.2, -0.15) is 0 Å². The molecule has 4 N–H and O–H groups in total. The van der Waals surface area contributed by atoms with Crippen molar-refractivity contribution in [3.05, 3.63) is 25.6 Å². The quantitative estimate of drug-likeness (QED) is 0.256. The van der Waals surface area contributed by atoms with Crippen molar-refractivity contribution < 1.29 is 39.6 Å². The maximum absolute atomic E-state index is 10.0. The van der Waals surface area contributed by atoms with Gasteiger partial charge < -0.3 is 30.2 Å². The number of aliphatic hydroxyl groups is 2. The molecule has 0 atom stereocenters. The lowest BCUT2D eigenvalue weighted by Gasteiger charge is -2.07. The lowest BCUT2D eigenvalue weighted by molar-refractivity contribution is -0.138. The fourth-order valence-corrected chi connectivity index (χ4v) is 1.05. The van der Waals surface area contributed by atoms with E-state index in [0.717, 1.165) is 12.8 Å². The second-order valence-electron chi connectivity index (χ2n) is 4.49. The number of hydrogen-bond acceptors (Lipinski definition) is 6. The molecule has 0 aliphatic carbocycles. The molecule has 0 fully saturated rings. The molecule has 26 heavy (non-hydrogen) atoms. The van der Waals surface area contributed by atoms with Crippen LogP contribution in [0.5, 0.6) is 0 Å². The van der Waals surface area contributed by atoms with E-state index in [1.54, 1.807) is 0 Å². The first kappa shape index (κ1) is 28.1. The maximum Gasteiger partial charge on any atom is 0.305 e. The van der Waals surface area contributed by atoms with Crippen LogP contribution in [0.15, 0.2) is 25.6 Å². The average molecular weight is 376 g/mol. The van der Waals surface area contributed by atoms with Crippen molar-refractivity contribution in [3.63, 3.8) is 0 Å². The molecule has 2 amide bonds. The van der Waals surface area contributed by atoms with Gasteiger partial charge in [0.15, 0.2) is 0 Å². The van der Waals surface area contributed by atoms with Crippen LogP contribution in [0, 0.1) is 0 Å². The largest absolute Gasteiger partial charge is 0.481 e. The van der Waals surface area contributed by atoms with Crippen molar-refractivity contribution in [1.82, 2.24) is 9.80 Å². The van der Waals surface area contributed by atoms with Crippen molar-refractivity contribution in [2.75, 3.05) is 26.3 Å². The van der Waals surface area contributed by atoms with Crippen LogP contribution in [0.1, 0.15) is 25.7 Å². The van der Waals surface area contributed by atoms with Crippen LogP contribution in [0.3, 0.4) is 0 Å². The smallest absolute Gasteiger partial charge is 0.305 e. The molecule has 10 nitrogen and oxygen atoms in total. The fraction of sp³-hybridized carbons (Fsp3) is 0.500. The molecular formula is C16H28N2O8. The number of hydrogen-bond donors (Lipinski definition) is 4. The summed E-state index contributed by atoms with van der Waals surface area (Å²) in [6.07, 6.45) is 4.99. The Kier molecular flexibility index (Phi) is 24.1. The first-order valence-corrected chi connectivity index (χ1v) is 7.65. The van der Waals surface area contributed by atoms with Crippen LogP contribution in [-0.4, -0.2) is 81.3 Å². The summed E-state index contributed by atoms with van der Waals surface area (Å²) in [6.45, 7) is 7.38. The second-order valence-corrected chi connectivity index (χ2v) is 4.49. The van der Waals surface area contributed by atoms with Gasteiger partial charge in [-0.25, -0.2) is 0 Å². The first-order valence-electron chi connectivity index (χ1n) is 7.65. The van der Waals surface area contributed by atoms with E-state index in [-0.39, 0.29) is 39.1 Å². The first-order chi connectivity index (χ1) is 12.3. The highest BCUT2D eigenvalue weighted by Crippen LogP contribution is 1.87. The highest BCUT2D eigenvalue weighted by Gasteiger charge is 2.00. The Bertz CT molecular complexity index is 361. The van der Waals surface area contributed by atoms with Gasteiger partial charge in [0.25, 0.3) is 0 Å². The summed E-state index contributed by atoms with van der Waals surface area (Å²) in [7, 11) is 0. The van der Waals surface area contributed by atoms with Crippen LogP contribution in [0.4, 0.5) is 0 Å². The summed E-state index contributed by atoms with van der Waals surface area (Å²) >= 11 is 0. The zero-order valence-electron chi connectivity index (χ0n) is 14.7. The normalized spacial score (nSPS) is 8.54. The molecule has 0 aromatic heterocycles. The molecule has 0 bridgehead atoms. The Hall–Kier alpha value is -2.72. The van der Waals surface area contributed by atoms with Crippen molar-refractivity contribution in [1.29, 1.82) is 0 Å². The predicted octanol–water partition coefficient (Wildman–Crippen LogP) is -0.123. The van der Waals surface area contributed by atoms with E-state index in [9.17, 15) is 19.2 Å². The van der Waals surface area contributed by atoms with Crippen LogP contribution in [0.25, 0.3) is 0 Å². The molecule has 150 valence electrons. The lowest BCUT2D eigenvalue weighted by atomic mass is 10.3. The van der Waals surface area contributed by atoms with Crippen molar-refractivity contribution >= 4 is 24.8 Å². The minimum absolute atomic E-state index is 0.0508. The molecule has 0 aromatic rings. The van der Waals surface area contributed by atoms with Gasteiger partial charge in [0.1, 0.15) is 0 Å². The van der Waals surface area contributed by atoms with E-state index < -0.39 is 11.9 Å². The van der Waals surface area contributed by atoms with E-state index in [1.165, 1.54) is 22.2 Å². The topological polar surface area (TPSA) is 156 Å². The van der Waals surface area contributed by atoms with Crippen LogP contribution in [-0.2, 0) is 19.2 Å². The third-order valence-electron chi connectivity index (χ3n) is 2.47. The van der Waals surface area contributed by atoms with Gasteiger partial charge in [-0.15, -0.1) is 0 Å². The van der Waals surface area contributed by atoms with Crippen LogP contribution >= 0.6 is 0 Å². The van der Waals surface area contributed by atoms with Gasteiger partial charge in [-0.3, -0.25) is 19.2 Å². The maximum atomic E-state index is 10.0. The molecule has 0 saturated carbocycles. The van der Waals surface area contributed by atoms with Crippen LogP contribution in [0.2, 0.25) is 0 Å². The second kappa shape index (κ2) is 22.3. The van der Waals surface area contributed by atoms with E-state index in [0.29, 0.717) is 12.8 Å². The third-order valence-corrected chi connectivity index (χ3v) is 2.47. The lowest BCUT2D eigenvalue weighted by Crippen LogP contribution is -2.18. The van der Waals surface area contributed by atoms with Gasteiger partial charge in [-0.05, 0) is 25.2 Å². The number of carbonyl (C=O) groups is 4. The number of unbranched alkanes of at least 4 members (excludes halogenated alkanes) is 1. The summed E-state index contributed by atoms with van der Waals surface area (Å²) in [5.74, 6) is -1.84. The van der Waals surface area contributed by atoms with E-state index in [4.69, 9.17) is 20.4 Å². The van der Waals surface area contributed by atoms with Crippen molar-refractivity contribution in [2.24, 2.45) is 0 Å². The SMILES string of the molecule is C=CN(C=O)CCC(=O)O.C=CN(C=O)CCC(=O)O.OCCCCO. The standard InChI is InChI=1S/2C6H9NO3.C4H10O2/c2*1-2-7(5-8)4-3-6(9)10;5-3-1-2-4-6/h2*2,5H,1,3-4H2,(H,9,10);5-6H,1-4H2. The number of carboxylic acid groups (broad SMARTS) is 2. The van der Waals surface area contributed by atoms with Gasteiger partial charge >= 0.3 is 11.9 Å². The monoisotopic (exact) mass is 376 g/mol. The zero-order valence-corrected chi connectivity index (χ0v) is 14.7. The van der Waals surface area contributed by atoms with Gasteiger partial charge in [0, 0.05) is 26.3 Å². The Morgan fingerprint density at radius 1 is 0.769 bits per heavy atom. The van der Waals surface area contributed by atoms with E-state index >= 15 is 0 Å². The highest BCUT2D eigenvalue weighted by atomic mass is 16.4. The predicted molar refractivity (Wildman–Crippen MR) is 93.8 cm³/mol. The number of aliphatic hydroxyl groups excluding tert-OH is 2. The summed E-state index contributed by atoms with van der Waals surface area (Å²) in [5.41, 5.74) is 0. The molecule has 0 radical (unpaired) electrons. The number of carboxylic acids is 2. The van der Waals surface area contributed by atoms with Gasteiger partial charge in [0.2, 0.25) is 12.8 Å².